The van der Waals surface area contributed by atoms with Gasteiger partial charge in [0, 0.05) is 4.90 Å². The Kier molecular flexibility index (Phi) is 5.02. The lowest BCUT2D eigenvalue weighted by molar-refractivity contribution is -0.432. The molecule has 0 aliphatic heterocycles. The van der Waals surface area contributed by atoms with Crippen molar-refractivity contribution in [2.45, 2.75) is 9.79 Å². The highest BCUT2D eigenvalue weighted by molar-refractivity contribution is 7.94. The summed E-state index contributed by atoms with van der Waals surface area (Å²) in [6.07, 6.45) is 0. The molecule has 31 heavy (non-hydrogen) atoms. The molecule has 5 rings (SSSR count). The summed E-state index contributed by atoms with van der Waals surface area (Å²) in [4.78, 5) is 10.6. The molecule has 0 unspecified atom stereocenters. The summed E-state index contributed by atoms with van der Waals surface area (Å²) in [7, 11) is -4.33. The molecule has 158 valence electrons. The van der Waals surface area contributed by atoms with Crippen LogP contribution in [0, 0.1) is 0 Å². The van der Waals surface area contributed by atoms with Crippen LogP contribution in [0.1, 0.15) is 0 Å². The molecule has 0 saturated carbocycles. The van der Waals surface area contributed by atoms with Crippen LogP contribution in [-0.2, 0) is 19.5 Å². The fourth-order valence-electron chi connectivity index (χ4n) is 2.86. The molecule has 0 fully saturated rings. The molecule has 2 N–H and O–H groups in total. The van der Waals surface area contributed by atoms with Gasteiger partial charge in [0.1, 0.15) is 11.0 Å². The zero-order chi connectivity index (χ0) is 21.6. The first-order valence-electron chi connectivity index (χ1n) is 8.45. The van der Waals surface area contributed by atoms with Crippen LogP contribution in [0.2, 0.25) is 0 Å². The van der Waals surface area contributed by atoms with Gasteiger partial charge in [-0.05, 0) is 48.5 Å². The molecule has 0 aliphatic carbocycles. The van der Waals surface area contributed by atoms with Crippen molar-refractivity contribution in [3.8, 4) is 21.5 Å². The van der Waals surface area contributed by atoms with Crippen molar-refractivity contribution < 1.29 is 36.4 Å². The summed E-state index contributed by atoms with van der Waals surface area (Å²) in [5.41, 5.74) is 1.86. The Morgan fingerprint density at radius 2 is 1.61 bits per heavy atom. The highest BCUT2D eigenvalue weighted by atomic mass is 32.2. The Morgan fingerprint density at radius 3 is 2.32 bits per heavy atom. The fraction of sp³-hybridized carbons (Fsp3) is 0. The lowest BCUT2D eigenvalue weighted by atomic mass is 10.3. The van der Waals surface area contributed by atoms with E-state index in [9.17, 15) is 13.0 Å². The molecule has 0 spiro atoms. The average Bonchev–Trinajstić information content (AvgIpc) is 3.47. The Hall–Kier alpha value is -2.78. The third kappa shape index (κ3) is 3.95. The maximum atomic E-state index is 11.3. The van der Waals surface area contributed by atoms with Crippen LogP contribution in [0.3, 0.4) is 0 Å². The summed E-state index contributed by atoms with van der Waals surface area (Å²) < 4.78 is 47.8. The molecule has 2 aromatic carbocycles. The van der Waals surface area contributed by atoms with Crippen molar-refractivity contribution in [2.75, 3.05) is 0 Å². The zero-order valence-corrected chi connectivity index (χ0v) is 17.5. The summed E-state index contributed by atoms with van der Waals surface area (Å²) in [5.74, 6) is 0.701. The minimum atomic E-state index is -4.33. The number of hydrogen-bond donors (Lipinski definition) is 2. The van der Waals surface area contributed by atoms with Gasteiger partial charge in [-0.1, -0.05) is 5.04 Å². The largest absolute Gasteiger partial charge is 0.435 e. The number of aromatic nitrogens is 2. The van der Waals surface area contributed by atoms with Gasteiger partial charge < -0.3 is 8.83 Å². The van der Waals surface area contributed by atoms with Gasteiger partial charge in [-0.3, -0.25) is 4.55 Å². The number of hydrogen-bond acceptors (Lipinski definition) is 11. The summed E-state index contributed by atoms with van der Waals surface area (Å²) in [6, 6.07) is 12.7. The van der Waals surface area contributed by atoms with Crippen LogP contribution < -0.4 is 0 Å². The van der Waals surface area contributed by atoms with Gasteiger partial charge >= 0.3 is 0 Å². The molecule has 0 atom stereocenters. The van der Waals surface area contributed by atoms with E-state index in [4.69, 9.17) is 14.1 Å². The van der Waals surface area contributed by atoms with E-state index in [1.807, 2.05) is 6.07 Å². The Bertz CT molecular complexity index is 1520. The standard InChI is InChI=1S/C18H10N2O8S3/c21-27-28-30-9-1-3-11-14(7-9)26-17(19-11)15-5-6-16(29-15)18-20-12-8-10(31(22,23)24)2-4-13(12)25-18/h1-8,21H,(H,22,23,24). The van der Waals surface area contributed by atoms with Crippen LogP contribution in [-0.4, -0.2) is 28.2 Å². The lowest BCUT2D eigenvalue weighted by Crippen LogP contribution is -1.97. The molecule has 0 aliphatic rings. The topological polar surface area (TPSA) is 145 Å². The van der Waals surface area contributed by atoms with E-state index in [1.165, 1.54) is 29.5 Å². The molecule has 3 aromatic heterocycles. The second-order valence-corrected chi connectivity index (χ2v) is 9.44. The van der Waals surface area contributed by atoms with E-state index < -0.39 is 10.1 Å². The first-order chi connectivity index (χ1) is 14.9. The Morgan fingerprint density at radius 1 is 0.903 bits per heavy atom. The third-order valence-electron chi connectivity index (χ3n) is 4.21. The van der Waals surface area contributed by atoms with Crippen molar-refractivity contribution in [2.24, 2.45) is 0 Å². The Balaban J connectivity index is 1.47. The minimum absolute atomic E-state index is 0.258. The second kappa shape index (κ2) is 7.72. The van der Waals surface area contributed by atoms with Gasteiger partial charge in [-0.15, -0.1) is 15.7 Å². The van der Waals surface area contributed by atoms with Crippen LogP contribution in [0.4, 0.5) is 0 Å². The highest BCUT2D eigenvalue weighted by Crippen LogP contribution is 2.37. The number of nitrogens with zero attached hydrogens (tertiary/aromatic N) is 2. The monoisotopic (exact) mass is 478 g/mol. The molecule has 0 radical (unpaired) electrons. The molecule has 5 aromatic rings. The first kappa shape index (κ1) is 20.1. The van der Waals surface area contributed by atoms with Gasteiger partial charge in [0.25, 0.3) is 10.1 Å². The molecule has 0 saturated heterocycles. The van der Waals surface area contributed by atoms with Crippen LogP contribution >= 0.6 is 23.4 Å². The normalized spacial score (nSPS) is 12.2. The molecule has 10 nitrogen and oxygen atoms in total. The molecule has 3 heterocycles. The fourth-order valence-corrected chi connectivity index (χ4v) is 4.60. The van der Waals surface area contributed by atoms with E-state index in [1.54, 1.807) is 24.3 Å². The number of rotatable bonds is 6. The molecular formula is C18H10N2O8S3. The van der Waals surface area contributed by atoms with Crippen LogP contribution in [0.5, 0.6) is 0 Å². The quantitative estimate of drug-likeness (QED) is 0.146. The molecular weight excluding hydrogens is 468 g/mol. The van der Waals surface area contributed by atoms with E-state index in [2.05, 4.69) is 19.3 Å². The number of thiophene rings is 1. The smallest absolute Gasteiger partial charge is 0.294 e. The van der Waals surface area contributed by atoms with Gasteiger partial charge in [0.15, 0.2) is 11.2 Å². The summed E-state index contributed by atoms with van der Waals surface area (Å²) >= 11 is 2.15. The van der Waals surface area contributed by atoms with Crippen LogP contribution in [0.15, 0.2) is 67.2 Å². The zero-order valence-electron chi connectivity index (χ0n) is 15.1. The van der Waals surface area contributed by atoms with Gasteiger partial charge in [-0.25, -0.2) is 15.2 Å². The predicted octanol–water partition coefficient (Wildman–Crippen LogP) is 5.04. The van der Waals surface area contributed by atoms with Crippen molar-refractivity contribution in [3.05, 3.63) is 48.5 Å². The minimum Gasteiger partial charge on any atom is -0.435 e. The number of fused-ring (bicyclic) bond motifs is 2. The second-order valence-electron chi connectivity index (χ2n) is 6.16. The predicted molar refractivity (Wildman–Crippen MR) is 111 cm³/mol. The molecule has 0 amide bonds. The molecule has 13 heteroatoms. The van der Waals surface area contributed by atoms with Gasteiger partial charge in [0.05, 0.1) is 26.7 Å². The summed E-state index contributed by atoms with van der Waals surface area (Å²) in [5, 5.41) is 11.8. The maximum absolute atomic E-state index is 11.3. The average molecular weight is 478 g/mol. The maximum Gasteiger partial charge on any atom is 0.294 e. The van der Waals surface area contributed by atoms with Gasteiger partial charge in [0.2, 0.25) is 11.8 Å². The SMILES string of the molecule is O=S(=O)(O)c1ccc2oc(-c3ccc(-c4nc5ccc(SOOO)cc5o4)s3)nc2c1. The first-order valence-corrected chi connectivity index (χ1v) is 11.4. The number of benzene rings is 2. The van der Waals surface area contributed by atoms with Crippen molar-refractivity contribution >= 4 is 55.7 Å². The van der Waals surface area contributed by atoms with E-state index in [0.717, 1.165) is 16.9 Å². The van der Waals surface area contributed by atoms with Gasteiger partial charge in [-0.2, -0.15) is 8.42 Å². The van der Waals surface area contributed by atoms with Crippen LogP contribution in [0.25, 0.3) is 43.7 Å². The summed E-state index contributed by atoms with van der Waals surface area (Å²) in [6.45, 7) is 0. The lowest BCUT2D eigenvalue weighted by Gasteiger charge is -1.95. The Labute approximate surface area is 181 Å². The highest BCUT2D eigenvalue weighted by Gasteiger charge is 2.17. The van der Waals surface area contributed by atoms with Crippen molar-refractivity contribution in [1.82, 2.24) is 9.97 Å². The van der Waals surface area contributed by atoms with Crippen molar-refractivity contribution in [1.29, 1.82) is 0 Å². The number of oxazole rings is 2. The van der Waals surface area contributed by atoms with E-state index >= 15 is 0 Å². The van der Waals surface area contributed by atoms with E-state index in [0.29, 0.717) is 43.8 Å². The van der Waals surface area contributed by atoms with E-state index in [-0.39, 0.29) is 4.90 Å². The third-order valence-corrected chi connectivity index (χ3v) is 6.69. The molecule has 0 bridgehead atoms. The van der Waals surface area contributed by atoms with Crippen molar-refractivity contribution in [3.63, 3.8) is 0 Å².